The summed E-state index contributed by atoms with van der Waals surface area (Å²) in [5.41, 5.74) is 2.86. The Labute approximate surface area is 85.0 Å². The van der Waals surface area contributed by atoms with E-state index in [4.69, 9.17) is 0 Å². The third-order valence-corrected chi connectivity index (χ3v) is 1.64. The Balaban J connectivity index is -0.000000234. The summed E-state index contributed by atoms with van der Waals surface area (Å²) in [4.78, 5) is 0. The first-order valence-corrected chi connectivity index (χ1v) is 4.39. The predicted octanol–water partition coefficient (Wildman–Crippen LogP) is 4.86. The van der Waals surface area contributed by atoms with Crippen LogP contribution < -0.4 is 0 Å². The Kier molecular flexibility index (Phi) is 15.6. The van der Waals surface area contributed by atoms with Crippen LogP contribution in [-0.4, -0.2) is 0 Å². The van der Waals surface area contributed by atoms with Crippen molar-refractivity contribution in [2.24, 2.45) is 0 Å². The number of rotatable bonds is 1. The minimum atomic E-state index is 0. The predicted molar refractivity (Wildman–Crippen MR) is 65.4 cm³/mol. The molecule has 0 heteroatoms. The molecule has 0 amide bonds. The van der Waals surface area contributed by atoms with E-state index in [1.54, 1.807) is 0 Å². The molecule has 0 aliphatic heterocycles. The molecule has 0 saturated heterocycles. The summed E-state index contributed by atoms with van der Waals surface area (Å²) in [5.74, 6) is 0. The van der Waals surface area contributed by atoms with E-state index in [-0.39, 0.29) is 14.9 Å². The van der Waals surface area contributed by atoms with Crippen LogP contribution in [0, 0.1) is 6.92 Å². The molecule has 0 unspecified atom stereocenters. The van der Waals surface area contributed by atoms with E-state index in [0.717, 1.165) is 6.42 Å². The van der Waals surface area contributed by atoms with Gasteiger partial charge in [0.2, 0.25) is 0 Å². The Hall–Kier alpha value is -0.780. The molecule has 0 heterocycles. The van der Waals surface area contributed by atoms with Gasteiger partial charge in [-0.25, -0.2) is 0 Å². The molecular weight excluding hydrogens is 156 g/mol. The molecule has 1 rings (SSSR count). The van der Waals surface area contributed by atoms with Crippen molar-refractivity contribution in [1.82, 2.24) is 0 Å². The summed E-state index contributed by atoms with van der Waals surface area (Å²) in [5, 5.41) is 0. The van der Waals surface area contributed by atoms with Gasteiger partial charge in [0.05, 0.1) is 0 Å². The highest BCUT2D eigenvalue weighted by Crippen LogP contribution is 2.06. The second-order valence-corrected chi connectivity index (χ2v) is 2.28. The van der Waals surface area contributed by atoms with Crippen LogP contribution in [0.25, 0.3) is 0 Å². The van der Waals surface area contributed by atoms with Gasteiger partial charge in [0, 0.05) is 0 Å². The standard InChI is InChI=1S/C9H12.C2H6.2CH4/c1-3-9-7-5-4-6-8(9)2;1-2;;/h4-7H,3H2,1-2H3;1-2H3;2*1H4. The Morgan fingerprint density at radius 2 is 1.46 bits per heavy atom. The summed E-state index contributed by atoms with van der Waals surface area (Å²) in [7, 11) is 0. The second kappa shape index (κ2) is 11.2. The molecule has 0 spiro atoms. The van der Waals surface area contributed by atoms with Crippen LogP contribution in [0.2, 0.25) is 0 Å². The van der Waals surface area contributed by atoms with Crippen LogP contribution in [0.5, 0.6) is 0 Å². The molecule has 1 aromatic rings. The van der Waals surface area contributed by atoms with Gasteiger partial charge in [-0.3, -0.25) is 0 Å². The van der Waals surface area contributed by atoms with Gasteiger partial charge in [-0.1, -0.05) is 59.9 Å². The summed E-state index contributed by atoms with van der Waals surface area (Å²) >= 11 is 0. The lowest BCUT2D eigenvalue weighted by molar-refractivity contribution is 1.11. The van der Waals surface area contributed by atoms with Crippen molar-refractivity contribution < 1.29 is 0 Å². The minimum Gasteiger partial charge on any atom is -0.0776 e. The van der Waals surface area contributed by atoms with Gasteiger partial charge >= 0.3 is 0 Å². The first-order valence-electron chi connectivity index (χ1n) is 4.39. The van der Waals surface area contributed by atoms with E-state index in [1.165, 1.54) is 11.1 Å². The van der Waals surface area contributed by atoms with Gasteiger partial charge in [0.15, 0.2) is 0 Å². The molecule has 0 aromatic heterocycles. The van der Waals surface area contributed by atoms with E-state index in [0.29, 0.717) is 0 Å². The van der Waals surface area contributed by atoms with Crippen LogP contribution in [0.15, 0.2) is 24.3 Å². The van der Waals surface area contributed by atoms with E-state index < -0.39 is 0 Å². The van der Waals surface area contributed by atoms with Crippen molar-refractivity contribution in [3.8, 4) is 0 Å². The maximum Gasteiger partial charge on any atom is -0.0305 e. The van der Waals surface area contributed by atoms with Crippen LogP contribution in [0.4, 0.5) is 0 Å². The maximum atomic E-state index is 2.18. The van der Waals surface area contributed by atoms with Crippen molar-refractivity contribution in [1.29, 1.82) is 0 Å². The average Bonchev–Trinajstić information content (AvgIpc) is 2.09. The highest BCUT2D eigenvalue weighted by molar-refractivity contribution is 5.24. The van der Waals surface area contributed by atoms with Crippen LogP contribution in [-0.2, 0) is 6.42 Å². The molecule has 0 bridgehead atoms. The molecule has 1 aromatic carbocycles. The molecule has 0 aliphatic carbocycles. The van der Waals surface area contributed by atoms with Crippen molar-refractivity contribution in [3.63, 3.8) is 0 Å². The molecule has 78 valence electrons. The van der Waals surface area contributed by atoms with Crippen molar-refractivity contribution in [3.05, 3.63) is 35.4 Å². The Morgan fingerprint density at radius 3 is 1.77 bits per heavy atom. The summed E-state index contributed by atoms with van der Waals surface area (Å²) in [6, 6.07) is 8.49. The van der Waals surface area contributed by atoms with Gasteiger partial charge in [0.25, 0.3) is 0 Å². The lowest BCUT2D eigenvalue weighted by Crippen LogP contribution is -1.82. The molecule has 0 fully saturated rings. The molecule has 13 heavy (non-hydrogen) atoms. The quantitative estimate of drug-likeness (QED) is 0.582. The zero-order chi connectivity index (χ0) is 8.69. The third-order valence-electron chi connectivity index (χ3n) is 1.64. The molecule has 0 radical (unpaired) electrons. The monoisotopic (exact) mass is 182 g/mol. The van der Waals surface area contributed by atoms with Gasteiger partial charge in [-0.05, 0) is 24.5 Å². The maximum absolute atomic E-state index is 2.18. The van der Waals surface area contributed by atoms with Crippen LogP contribution in [0.3, 0.4) is 0 Å². The van der Waals surface area contributed by atoms with E-state index >= 15 is 0 Å². The topological polar surface area (TPSA) is 0 Å². The third kappa shape index (κ3) is 6.39. The van der Waals surface area contributed by atoms with Crippen LogP contribution in [0.1, 0.15) is 46.8 Å². The van der Waals surface area contributed by atoms with E-state index in [2.05, 4.69) is 38.1 Å². The minimum absolute atomic E-state index is 0. The van der Waals surface area contributed by atoms with Crippen molar-refractivity contribution in [2.45, 2.75) is 49.0 Å². The highest BCUT2D eigenvalue weighted by Gasteiger charge is 1.89. The van der Waals surface area contributed by atoms with Gasteiger partial charge < -0.3 is 0 Å². The van der Waals surface area contributed by atoms with Gasteiger partial charge in [-0.15, -0.1) is 0 Å². The second-order valence-electron chi connectivity index (χ2n) is 2.28. The number of hydrogen-bond acceptors (Lipinski definition) is 0. The lowest BCUT2D eigenvalue weighted by Gasteiger charge is -1.98. The first kappa shape index (κ1) is 18.1. The molecule has 0 nitrogen and oxygen atoms in total. The summed E-state index contributed by atoms with van der Waals surface area (Å²) in [6.45, 7) is 8.33. The normalized spacial score (nSPS) is 7.08. The van der Waals surface area contributed by atoms with Crippen molar-refractivity contribution in [2.75, 3.05) is 0 Å². The van der Waals surface area contributed by atoms with Gasteiger partial charge in [-0.2, -0.15) is 0 Å². The average molecular weight is 182 g/mol. The number of benzene rings is 1. The molecule has 0 saturated carbocycles. The number of aryl methyl sites for hydroxylation is 2. The number of hydrogen-bond donors (Lipinski definition) is 0. The lowest BCUT2D eigenvalue weighted by atomic mass is 10.1. The van der Waals surface area contributed by atoms with E-state index in [9.17, 15) is 0 Å². The smallest absolute Gasteiger partial charge is 0.0305 e. The molecule has 0 N–H and O–H groups in total. The zero-order valence-corrected chi connectivity index (χ0v) is 8.02. The largest absolute Gasteiger partial charge is 0.0776 e. The fraction of sp³-hybridized carbons (Fsp3) is 0.538. The SMILES string of the molecule is C.C.CC.CCc1ccccc1C. The zero-order valence-electron chi connectivity index (χ0n) is 8.02. The Bertz CT molecular complexity index is 189. The fourth-order valence-electron chi connectivity index (χ4n) is 1.01. The van der Waals surface area contributed by atoms with Crippen LogP contribution >= 0.6 is 0 Å². The molecule has 0 atom stereocenters. The highest BCUT2D eigenvalue weighted by atomic mass is 13.9. The van der Waals surface area contributed by atoms with Crippen molar-refractivity contribution >= 4 is 0 Å². The molecular formula is C13H26. The first-order chi connectivity index (χ1) is 5.34. The molecule has 0 aliphatic rings. The summed E-state index contributed by atoms with van der Waals surface area (Å²) < 4.78 is 0. The van der Waals surface area contributed by atoms with Gasteiger partial charge in [0.1, 0.15) is 0 Å². The summed E-state index contributed by atoms with van der Waals surface area (Å²) in [6.07, 6.45) is 1.15. The fourth-order valence-corrected chi connectivity index (χ4v) is 1.01. The van der Waals surface area contributed by atoms with E-state index in [1.807, 2.05) is 13.8 Å². The Morgan fingerprint density at radius 1 is 1.00 bits per heavy atom.